The van der Waals surface area contributed by atoms with Crippen LogP contribution >= 0.6 is 0 Å². The summed E-state index contributed by atoms with van der Waals surface area (Å²) >= 11 is 0. The number of rotatable bonds is 3. The van der Waals surface area contributed by atoms with Crippen LogP contribution in [-0.2, 0) is 14.1 Å². The molecule has 0 atom stereocenters. The van der Waals surface area contributed by atoms with Gasteiger partial charge in [-0.2, -0.15) is 0 Å². The van der Waals surface area contributed by atoms with Gasteiger partial charge in [0.1, 0.15) is 11.5 Å². The second kappa shape index (κ2) is 7.29. The quantitative estimate of drug-likeness (QED) is 0.483. The number of benzene rings is 2. The second-order valence-electron chi connectivity index (χ2n) is 7.25. The van der Waals surface area contributed by atoms with E-state index in [2.05, 4.69) is 0 Å². The molecular weight excluding hydrogens is 393 g/mol. The summed E-state index contributed by atoms with van der Waals surface area (Å²) in [6.07, 6.45) is 0. The van der Waals surface area contributed by atoms with Crippen LogP contribution in [0.3, 0.4) is 0 Å². The highest BCUT2D eigenvalue weighted by Gasteiger charge is 2.28. The maximum Gasteiger partial charge on any atom is 0.328 e. The lowest BCUT2D eigenvalue weighted by Crippen LogP contribution is -2.49. The van der Waals surface area contributed by atoms with Crippen molar-refractivity contribution in [2.45, 2.75) is 0 Å². The monoisotopic (exact) mass is 413 g/mol. The first kappa shape index (κ1) is 19.6. The Morgan fingerprint density at radius 1 is 1.03 bits per heavy atom. The van der Waals surface area contributed by atoms with Gasteiger partial charge in [0.15, 0.2) is 0 Å². The third-order valence-corrected chi connectivity index (χ3v) is 5.58. The molecule has 1 aliphatic heterocycles. The summed E-state index contributed by atoms with van der Waals surface area (Å²) in [4.78, 5) is 39.4. The average molecular weight is 413 g/mol. The van der Waals surface area contributed by atoms with E-state index in [1.54, 1.807) is 26.2 Å². The number of fused-ring (bicyclic) bond motifs is 1. The standard InChI is InChI=1S/C20H20FN5O4/c1-22-15-11-17(18(26(29)30)12-16(15)23(2)20(22)28)24-7-9-25(10-8-24)19(27)13-5-3-4-6-14(13)21/h3-6,11-12H,7-10H2,1-2H3. The molecule has 0 aliphatic carbocycles. The Kier molecular flexibility index (Phi) is 4.76. The molecule has 1 saturated heterocycles. The van der Waals surface area contributed by atoms with Gasteiger partial charge in [0.25, 0.3) is 11.6 Å². The summed E-state index contributed by atoms with van der Waals surface area (Å²) in [7, 11) is 3.19. The van der Waals surface area contributed by atoms with Crippen LogP contribution in [0.4, 0.5) is 15.8 Å². The van der Waals surface area contributed by atoms with Gasteiger partial charge in [0, 0.05) is 46.3 Å². The summed E-state index contributed by atoms with van der Waals surface area (Å²) in [5.74, 6) is -0.973. The first-order valence-electron chi connectivity index (χ1n) is 9.42. The van der Waals surface area contributed by atoms with Gasteiger partial charge in [0.2, 0.25) is 0 Å². The van der Waals surface area contributed by atoms with Crippen molar-refractivity contribution in [2.75, 3.05) is 31.1 Å². The summed E-state index contributed by atoms with van der Waals surface area (Å²) < 4.78 is 16.8. The fourth-order valence-electron chi connectivity index (χ4n) is 3.88. The molecule has 1 amide bonds. The van der Waals surface area contributed by atoms with Crippen LogP contribution in [0.25, 0.3) is 11.0 Å². The molecule has 9 nitrogen and oxygen atoms in total. The van der Waals surface area contributed by atoms with Crippen molar-refractivity contribution in [3.63, 3.8) is 0 Å². The molecule has 4 rings (SSSR count). The third-order valence-electron chi connectivity index (χ3n) is 5.58. The number of carbonyl (C=O) groups excluding carboxylic acids is 1. The smallest absolute Gasteiger partial charge is 0.328 e. The van der Waals surface area contributed by atoms with Crippen LogP contribution in [0.1, 0.15) is 10.4 Å². The zero-order valence-corrected chi connectivity index (χ0v) is 16.5. The largest absolute Gasteiger partial charge is 0.362 e. The average Bonchev–Trinajstić information content (AvgIpc) is 2.96. The lowest BCUT2D eigenvalue weighted by molar-refractivity contribution is -0.384. The van der Waals surface area contributed by atoms with Gasteiger partial charge in [-0.15, -0.1) is 0 Å². The van der Waals surface area contributed by atoms with Gasteiger partial charge >= 0.3 is 5.69 Å². The topological polar surface area (TPSA) is 93.6 Å². The lowest BCUT2D eigenvalue weighted by atomic mass is 10.1. The fraction of sp³-hybridized carbons (Fsp3) is 0.300. The molecular formula is C20H20FN5O4. The number of aryl methyl sites for hydroxylation is 2. The molecule has 0 spiro atoms. The first-order valence-corrected chi connectivity index (χ1v) is 9.42. The van der Waals surface area contributed by atoms with Gasteiger partial charge in [-0.1, -0.05) is 12.1 Å². The molecule has 1 aliphatic rings. The number of aromatic nitrogens is 2. The number of hydrogen-bond acceptors (Lipinski definition) is 5. The predicted molar refractivity (Wildman–Crippen MR) is 109 cm³/mol. The van der Waals surface area contributed by atoms with Crippen LogP contribution in [0.5, 0.6) is 0 Å². The van der Waals surface area contributed by atoms with Crippen molar-refractivity contribution >= 4 is 28.3 Å². The van der Waals surface area contributed by atoms with E-state index in [-0.39, 0.29) is 16.9 Å². The van der Waals surface area contributed by atoms with Crippen molar-refractivity contribution in [3.8, 4) is 0 Å². The molecule has 0 radical (unpaired) electrons. The van der Waals surface area contributed by atoms with Crippen molar-refractivity contribution in [3.05, 3.63) is 68.4 Å². The molecule has 0 saturated carbocycles. The Bertz CT molecular complexity index is 1220. The highest BCUT2D eigenvalue weighted by molar-refractivity contribution is 5.94. The van der Waals surface area contributed by atoms with Crippen LogP contribution in [0, 0.1) is 15.9 Å². The summed E-state index contributed by atoms with van der Waals surface area (Å²) in [5.41, 5.74) is 1.11. The number of nitro groups is 1. The van der Waals surface area contributed by atoms with E-state index in [9.17, 15) is 24.1 Å². The van der Waals surface area contributed by atoms with Gasteiger partial charge in [-0.05, 0) is 18.2 Å². The van der Waals surface area contributed by atoms with E-state index in [1.165, 1.54) is 38.3 Å². The van der Waals surface area contributed by atoms with E-state index in [0.717, 1.165) is 0 Å². The molecule has 0 unspecified atom stereocenters. The van der Waals surface area contributed by atoms with E-state index < -0.39 is 16.6 Å². The Morgan fingerprint density at radius 3 is 2.23 bits per heavy atom. The second-order valence-corrected chi connectivity index (χ2v) is 7.25. The number of nitrogens with zero attached hydrogens (tertiary/aromatic N) is 5. The minimum absolute atomic E-state index is 0.0117. The number of carbonyl (C=O) groups is 1. The Labute approximate surface area is 170 Å². The zero-order chi connectivity index (χ0) is 21.6. The molecule has 1 aromatic heterocycles. The van der Waals surface area contributed by atoms with Gasteiger partial charge in [-0.25, -0.2) is 9.18 Å². The Balaban J connectivity index is 1.63. The van der Waals surface area contributed by atoms with Gasteiger partial charge < -0.3 is 9.80 Å². The maximum absolute atomic E-state index is 13.9. The van der Waals surface area contributed by atoms with Crippen LogP contribution < -0.4 is 10.6 Å². The molecule has 0 N–H and O–H groups in total. The highest BCUT2D eigenvalue weighted by atomic mass is 19.1. The number of anilines is 1. The van der Waals surface area contributed by atoms with Crippen molar-refractivity contribution in [1.82, 2.24) is 14.0 Å². The van der Waals surface area contributed by atoms with Crippen LogP contribution in [-0.4, -0.2) is 51.0 Å². The molecule has 156 valence electrons. The summed E-state index contributed by atoms with van der Waals surface area (Å²) in [6.45, 7) is 1.31. The summed E-state index contributed by atoms with van der Waals surface area (Å²) in [5, 5.41) is 11.7. The molecule has 30 heavy (non-hydrogen) atoms. The highest BCUT2D eigenvalue weighted by Crippen LogP contribution is 2.33. The van der Waals surface area contributed by atoms with Crippen LogP contribution in [0.2, 0.25) is 0 Å². The Hall–Kier alpha value is -3.69. The van der Waals surface area contributed by atoms with Crippen molar-refractivity contribution in [2.24, 2.45) is 14.1 Å². The number of amides is 1. The zero-order valence-electron chi connectivity index (χ0n) is 16.5. The molecule has 2 aromatic carbocycles. The van der Waals surface area contributed by atoms with Crippen molar-refractivity contribution in [1.29, 1.82) is 0 Å². The molecule has 2 heterocycles. The van der Waals surface area contributed by atoms with Gasteiger partial charge in [0.05, 0.1) is 21.5 Å². The Morgan fingerprint density at radius 2 is 1.63 bits per heavy atom. The number of piperazine rings is 1. The lowest BCUT2D eigenvalue weighted by Gasteiger charge is -2.36. The molecule has 3 aromatic rings. The maximum atomic E-state index is 13.9. The molecule has 1 fully saturated rings. The van der Waals surface area contributed by atoms with Crippen LogP contribution in [0.15, 0.2) is 41.2 Å². The third kappa shape index (κ3) is 3.10. The van der Waals surface area contributed by atoms with Crippen molar-refractivity contribution < 1.29 is 14.1 Å². The van der Waals surface area contributed by atoms with E-state index in [4.69, 9.17) is 0 Å². The van der Waals surface area contributed by atoms with E-state index in [1.807, 2.05) is 4.90 Å². The minimum atomic E-state index is -0.573. The van der Waals surface area contributed by atoms with Gasteiger partial charge in [-0.3, -0.25) is 24.0 Å². The molecule has 10 heteroatoms. The SMILES string of the molecule is Cn1c(=O)n(C)c2cc([N+](=O)[O-])c(N3CCN(C(=O)c4ccccc4F)CC3)cc21. The minimum Gasteiger partial charge on any atom is -0.362 e. The van der Waals surface area contributed by atoms with E-state index in [0.29, 0.717) is 42.9 Å². The number of halogens is 1. The normalized spacial score (nSPS) is 14.4. The first-order chi connectivity index (χ1) is 14.3. The predicted octanol–water partition coefficient (Wildman–Crippen LogP) is 1.89. The van der Waals surface area contributed by atoms with E-state index >= 15 is 0 Å². The summed E-state index contributed by atoms with van der Waals surface area (Å²) in [6, 6.07) is 8.86. The number of imidazole rings is 1. The number of nitro benzene ring substituents is 1. The molecule has 0 bridgehead atoms. The fourth-order valence-corrected chi connectivity index (χ4v) is 3.88. The number of hydrogen-bond donors (Lipinski definition) is 0.